The van der Waals surface area contributed by atoms with Crippen LogP contribution in [-0.2, 0) is 18.3 Å². The monoisotopic (exact) mass is 285 g/mol. The molecule has 1 aromatic heterocycles. The molecule has 0 aliphatic rings. The van der Waals surface area contributed by atoms with Crippen molar-refractivity contribution in [1.29, 1.82) is 0 Å². The summed E-state index contributed by atoms with van der Waals surface area (Å²) in [5, 5.41) is 4.81. The van der Waals surface area contributed by atoms with E-state index in [1.807, 2.05) is 20.8 Å². The Bertz CT molecular complexity index is 462. The second kappa shape index (κ2) is 6.06. The summed E-state index contributed by atoms with van der Waals surface area (Å²) in [4.78, 5) is 14.7. The molecule has 0 amide bonds. The van der Waals surface area contributed by atoms with Crippen LogP contribution in [0.25, 0.3) is 0 Å². The fraction of sp³-hybridized carbons (Fsp3) is 0.714. The van der Waals surface area contributed by atoms with Crippen LogP contribution >= 0.6 is 11.6 Å². The van der Waals surface area contributed by atoms with Gasteiger partial charge in [0.25, 0.3) is 0 Å². The van der Waals surface area contributed by atoms with Gasteiger partial charge in [-0.3, -0.25) is 14.4 Å². The van der Waals surface area contributed by atoms with E-state index in [9.17, 15) is 4.79 Å². The molecule has 0 bridgehead atoms. The molecule has 0 aromatic carbocycles. The maximum absolute atomic E-state index is 12.6. The number of likely N-dealkylation sites (N-methyl/N-ethyl adjacent to an activating group) is 1. The minimum Gasteiger partial charge on any atom is -0.297 e. The first-order valence-electron chi connectivity index (χ1n) is 6.71. The van der Waals surface area contributed by atoms with Crippen LogP contribution < -0.4 is 0 Å². The van der Waals surface area contributed by atoms with Gasteiger partial charge in [0.15, 0.2) is 5.78 Å². The van der Waals surface area contributed by atoms with Crippen LogP contribution in [0.15, 0.2) is 0 Å². The Labute approximate surface area is 120 Å². The second-order valence-corrected chi connectivity index (χ2v) is 5.67. The summed E-state index contributed by atoms with van der Waals surface area (Å²) in [7, 11) is 1.79. The Morgan fingerprint density at radius 1 is 1.37 bits per heavy atom. The molecule has 0 saturated carbocycles. The van der Waals surface area contributed by atoms with E-state index in [4.69, 9.17) is 11.6 Å². The van der Waals surface area contributed by atoms with Gasteiger partial charge < -0.3 is 0 Å². The molecule has 0 fully saturated rings. The lowest BCUT2D eigenvalue weighted by Gasteiger charge is -2.35. The van der Waals surface area contributed by atoms with Crippen LogP contribution in [-0.4, -0.2) is 39.1 Å². The van der Waals surface area contributed by atoms with E-state index in [0.29, 0.717) is 11.6 Å². The summed E-state index contributed by atoms with van der Waals surface area (Å²) in [5.74, 6) is 0.175. The summed E-state index contributed by atoms with van der Waals surface area (Å²) in [5.41, 5.74) is 1.19. The van der Waals surface area contributed by atoms with Crippen molar-refractivity contribution in [2.45, 2.75) is 46.6 Å². The Morgan fingerprint density at radius 3 is 2.26 bits per heavy atom. The van der Waals surface area contributed by atoms with Gasteiger partial charge in [0, 0.05) is 19.0 Å². The number of ketones is 1. The van der Waals surface area contributed by atoms with E-state index in [1.54, 1.807) is 11.7 Å². The Morgan fingerprint density at radius 2 is 1.89 bits per heavy atom. The predicted molar refractivity (Wildman–Crippen MR) is 78.7 cm³/mol. The van der Waals surface area contributed by atoms with Gasteiger partial charge in [-0.25, -0.2) is 0 Å². The highest BCUT2D eigenvalue weighted by molar-refractivity contribution is 6.30. The number of carbonyl (C=O) groups excluding carboxylic acids is 1. The van der Waals surface area contributed by atoms with Gasteiger partial charge in [0.2, 0.25) is 0 Å². The van der Waals surface area contributed by atoms with Crippen LogP contribution in [0.1, 0.15) is 39.0 Å². The largest absolute Gasteiger partial charge is 0.297 e. The van der Waals surface area contributed by atoms with Crippen molar-refractivity contribution in [3.63, 3.8) is 0 Å². The van der Waals surface area contributed by atoms with Gasteiger partial charge in [-0.05, 0) is 33.9 Å². The molecule has 4 nitrogen and oxygen atoms in total. The van der Waals surface area contributed by atoms with Crippen molar-refractivity contribution in [1.82, 2.24) is 14.7 Å². The zero-order valence-corrected chi connectivity index (χ0v) is 13.5. The number of aryl methyl sites for hydroxylation is 2. The predicted octanol–water partition coefficient (Wildman–Crippen LogP) is 2.61. The number of carbonyl (C=O) groups is 1. The lowest BCUT2D eigenvalue weighted by atomic mass is 9.92. The standard InChI is InChI=1S/C14H24ClN3O/c1-7-18(8-2)14(4,5)12(19)9-11-10(3)16-17(6)13(11)15/h7-9H2,1-6H3. The van der Waals surface area contributed by atoms with E-state index < -0.39 is 5.54 Å². The molecule has 0 unspecified atom stereocenters. The number of halogens is 1. The summed E-state index contributed by atoms with van der Waals surface area (Å²) in [6.45, 7) is 11.7. The summed E-state index contributed by atoms with van der Waals surface area (Å²) in [6.07, 6.45) is 0.335. The zero-order valence-electron chi connectivity index (χ0n) is 12.7. The molecular formula is C14H24ClN3O. The first-order valence-corrected chi connectivity index (χ1v) is 7.09. The zero-order chi connectivity index (χ0) is 14.8. The quantitative estimate of drug-likeness (QED) is 0.806. The number of aromatic nitrogens is 2. The molecule has 0 spiro atoms. The molecule has 0 saturated heterocycles. The maximum Gasteiger partial charge on any atom is 0.157 e. The highest BCUT2D eigenvalue weighted by atomic mass is 35.5. The topological polar surface area (TPSA) is 38.1 Å². The number of rotatable bonds is 6. The summed E-state index contributed by atoms with van der Waals surface area (Å²) in [6, 6.07) is 0. The maximum atomic E-state index is 12.6. The Balaban J connectivity index is 2.96. The fourth-order valence-electron chi connectivity index (χ4n) is 2.44. The number of hydrogen-bond donors (Lipinski definition) is 0. The van der Waals surface area contributed by atoms with E-state index in [-0.39, 0.29) is 5.78 Å². The molecular weight excluding hydrogens is 262 g/mol. The fourth-order valence-corrected chi connectivity index (χ4v) is 2.68. The minimum absolute atomic E-state index is 0.175. The van der Waals surface area contributed by atoms with Crippen LogP contribution in [0.2, 0.25) is 5.15 Å². The highest BCUT2D eigenvalue weighted by Gasteiger charge is 2.33. The number of Topliss-reactive ketones (excluding diaryl/α,β-unsaturated/α-hetero) is 1. The van der Waals surface area contributed by atoms with E-state index in [2.05, 4.69) is 23.8 Å². The van der Waals surface area contributed by atoms with Crippen LogP contribution in [0.4, 0.5) is 0 Å². The second-order valence-electron chi connectivity index (χ2n) is 5.31. The summed E-state index contributed by atoms with van der Waals surface area (Å²) >= 11 is 6.19. The van der Waals surface area contributed by atoms with Gasteiger partial charge >= 0.3 is 0 Å². The van der Waals surface area contributed by atoms with E-state index in [1.165, 1.54) is 0 Å². The normalized spacial score (nSPS) is 12.2. The van der Waals surface area contributed by atoms with E-state index >= 15 is 0 Å². The van der Waals surface area contributed by atoms with Gasteiger partial charge in [0.1, 0.15) is 5.15 Å². The SMILES string of the molecule is CCN(CC)C(C)(C)C(=O)Cc1c(C)nn(C)c1Cl. The average molecular weight is 286 g/mol. The highest BCUT2D eigenvalue weighted by Crippen LogP contribution is 2.23. The van der Waals surface area contributed by atoms with Gasteiger partial charge in [0.05, 0.1) is 11.2 Å². The van der Waals surface area contributed by atoms with Crippen LogP contribution in [0.5, 0.6) is 0 Å². The molecule has 0 N–H and O–H groups in total. The van der Waals surface area contributed by atoms with E-state index in [0.717, 1.165) is 24.3 Å². The number of nitrogens with zero attached hydrogens (tertiary/aromatic N) is 3. The lowest BCUT2D eigenvalue weighted by Crippen LogP contribution is -2.50. The van der Waals surface area contributed by atoms with Crippen molar-refractivity contribution >= 4 is 17.4 Å². The molecule has 1 rings (SSSR count). The lowest BCUT2D eigenvalue weighted by molar-refractivity contribution is -0.128. The minimum atomic E-state index is -0.477. The molecule has 108 valence electrons. The number of hydrogen-bond acceptors (Lipinski definition) is 3. The van der Waals surface area contributed by atoms with Crippen molar-refractivity contribution in [2.24, 2.45) is 7.05 Å². The molecule has 0 radical (unpaired) electrons. The van der Waals surface area contributed by atoms with Crippen LogP contribution in [0, 0.1) is 6.92 Å². The Kier molecular flexibility index (Phi) is 5.16. The third-order valence-corrected chi connectivity index (χ3v) is 4.32. The molecule has 19 heavy (non-hydrogen) atoms. The average Bonchev–Trinajstić information content (AvgIpc) is 2.57. The summed E-state index contributed by atoms with van der Waals surface area (Å²) < 4.78 is 1.61. The first-order chi connectivity index (χ1) is 8.75. The third-order valence-electron chi connectivity index (χ3n) is 3.84. The molecule has 1 heterocycles. The van der Waals surface area contributed by atoms with Crippen molar-refractivity contribution in [3.05, 3.63) is 16.4 Å². The molecule has 1 aromatic rings. The van der Waals surface area contributed by atoms with Crippen molar-refractivity contribution in [3.8, 4) is 0 Å². The smallest absolute Gasteiger partial charge is 0.157 e. The Hall–Kier alpha value is -0.870. The van der Waals surface area contributed by atoms with Crippen LogP contribution in [0.3, 0.4) is 0 Å². The van der Waals surface area contributed by atoms with Crippen molar-refractivity contribution < 1.29 is 4.79 Å². The van der Waals surface area contributed by atoms with Gasteiger partial charge in [-0.15, -0.1) is 0 Å². The first kappa shape index (κ1) is 16.2. The van der Waals surface area contributed by atoms with Crippen molar-refractivity contribution in [2.75, 3.05) is 13.1 Å². The molecule has 5 heteroatoms. The molecule has 0 atom stereocenters. The van der Waals surface area contributed by atoms with Gasteiger partial charge in [-0.1, -0.05) is 25.4 Å². The molecule has 0 aliphatic carbocycles. The van der Waals surface area contributed by atoms with Gasteiger partial charge in [-0.2, -0.15) is 5.10 Å². The molecule has 0 aliphatic heterocycles. The third kappa shape index (κ3) is 3.18.